The number of unbranched alkanes of at least 4 members (excludes halogenated alkanes) is 7. The number of quaternary nitrogens is 1. The molecule has 0 aliphatic carbocycles. The second-order valence-corrected chi connectivity index (χ2v) is 17.9. The summed E-state index contributed by atoms with van der Waals surface area (Å²) in [6.45, 7) is 8.10. The van der Waals surface area contributed by atoms with Crippen LogP contribution >= 0.6 is 7.82 Å². The summed E-state index contributed by atoms with van der Waals surface area (Å²) < 4.78 is 40.0. The zero-order valence-corrected chi connectivity index (χ0v) is 39.1. The van der Waals surface area contributed by atoms with E-state index in [9.17, 15) is 24.2 Å². The number of nitrogens with zero attached hydrogens (tertiary/aromatic N) is 1. The molecule has 0 fully saturated rings. The van der Waals surface area contributed by atoms with E-state index < -0.39 is 38.6 Å². The van der Waals surface area contributed by atoms with Gasteiger partial charge in [-0.2, -0.15) is 0 Å². The highest BCUT2D eigenvalue weighted by Crippen LogP contribution is 2.38. The molecule has 60 heavy (non-hydrogen) atoms. The molecule has 12 heteroatoms. The van der Waals surface area contributed by atoms with Crippen molar-refractivity contribution in [3.63, 3.8) is 0 Å². The Balaban J connectivity index is 2.47. The van der Waals surface area contributed by atoms with Crippen LogP contribution in [-0.4, -0.2) is 81.2 Å². The van der Waals surface area contributed by atoms with Crippen LogP contribution in [0.15, 0.2) is 65.2 Å². The Labute approximate surface area is 363 Å². The fourth-order valence-corrected chi connectivity index (χ4v) is 6.77. The lowest BCUT2D eigenvalue weighted by molar-refractivity contribution is -0.870. The van der Waals surface area contributed by atoms with Crippen molar-refractivity contribution in [2.45, 2.75) is 162 Å². The molecule has 0 spiro atoms. The van der Waals surface area contributed by atoms with E-state index in [1.807, 2.05) is 33.3 Å². The fourth-order valence-electron chi connectivity index (χ4n) is 6.04. The number of ether oxygens (including phenoxy) is 2. The van der Waals surface area contributed by atoms with E-state index in [1.54, 1.807) is 12.2 Å². The SMILES string of the molecule is CC/C=C\C/C=C\C/C=C\C/C=C\C=C\C(O)CCCC(=O)O[C@H](COC(=O)CCCCCCCCc1oc(CCCCC)c(C)c1C)COP(=O)([O-])OCC[N+](C)(C)C. The zero-order chi connectivity index (χ0) is 44.5. The van der Waals surface area contributed by atoms with Crippen LogP contribution in [0.5, 0.6) is 0 Å². The largest absolute Gasteiger partial charge is 0.756 e. The molecule has 0 saturated heterocycles. The zero-order valence-electron chi connectivity index (χ0n) is 38.2. The van der Waals surface area contributed by atoms with Gasteiger partial charge in [-0.05, 0) is 82.8 Å². The molecule has 1 aromatic rings. The maximum atomic E-state index is 12.7. The number of carbonyl (C=O) groups excluding carboxylic acids is 2. The van der Waals surface area contributed by atoms with E-state index in [2.05, 4.69) is 64.2 Å². The summed E-state index contributed by atoms with van der Waals surface area (Å²) >= 11 is 0. The first-order valence-electron chi connectivity index (χ1n) is 22.5. The molecule has 1 N–H and O–H groups in total. The van der Waals surface area contributed by atoms with Crippen molar-refractivity contribution >= 4 is 19.8 Å². The van der Waals surface area contributed by atoms with Gasteiger partial charge in [-0.1, -0.05) is 113 Å². The Hall–Kier alpha value is -3.05. The van der Waals surface area contributed by atoms with Crippen molar-refractivity contribution in [2.75, 3.05) is 47.5 Å². The van der Waals surface area contributed by atoms with E-state index in [0.29, 0.717) is 30.3 Å². The van der Waals surface area contributed by atoms with Crippen molar-refractivity contribution in [1.82, 2.24) is 0 Å². The average Bonchev–Trinajstić information content (AvgIpc) is 3.45. The molecule has 11 nitrogen and oxygen atoms in total. The number of allylic oxidation sites excluding steroid dienone is 9. The highest BCUT2D eigenvalue weighted by atomic mass is 31.2. The molecule has 3 atom stereocenters. The Morgan fingerprint density at radius 2 is 1.30 bits per heavy atom. The van der Waals surface area contributed by atoms with Crippen LogP contribution in [0.1, 0.15) is 146 Å². The molecule has 0 radical (unpaired) electrons. The van der Waals surface area contributed by atoms with Crippen molar-refractivity contribution in [3.05, 3.63) is 83.4 Å². The third-order valence-electron chi connectivity index (χ3n) is 9.86. The number of aliphatic hydroxyl groups is 1. The minimum atomic E-state index is -4.70. The Morgan fingerprint density at radius 1 is 0.733 bits per heavy atom. The summed E-state index contributed by atoms with van der Waals surface area (Å²) in [5, 5.41) is 10.3. The van der Waals surface area contributed by atoms with E-state index in [-0.39, 0.29) is 26.1 Å². The van der Waals surface area contributed by atoms with Gasteiger partial charge >= 0.3 is 11.9 Å². The van der Waals surface area contributed by atoms with Crippen LogP contribution in [0, 0.1) is 13.8 Å². The van der Waals surface area contributed by atoms with Crippen LogP contribution < -0.4 is 4.89 Å². The first-order valence-corrected chi connectivity index (χ1v) is 23.9. The molecule has 0 amide bonds. The molecular weight excluding hydrogens is 781 g/mol. The van der Waals surface area contributed by atoms with Crippen LogP contribution in [0.3, 0.4) is 0 Å². The Kier molecular flexibility index (Phi) is 30.7. The summed E-state index contributed by atoms with van der Waals surface area (Å²) in [4.78, 5) is 37.7. The lowest BCUT2D eigenvalue weighted by atomic mass is 10.0. The number of hydrogen-bond donors (Lipinski definition) is 1. The number of hydrogen-bond acceptors (Lipinski definition) is 10. The minimum Gasteiger partial charge on any atom is -0.756 e. The minimum absolute atomic E-state index is 0.0187. The number of phosphoric acid groups is 1. The molecule has 2 unspecified atom stereocenters. The molecule has 342 valence electrons. The number of rotatable bonds is 36. The highest BCUT2D eigenvalue weighted by molar-refractivity contribution is 7.45. The molecule has 0 aromatic carbocycles. The second-order valence-electron chi connectivity index (χ2n) is 16.5. The lowest BCUT2D eigenvalue weighted by Crippen LogP contribution is -2.37. The Morgan fingerprint density at radius 3 is 1.92 bits per heavy atom. The lowest BCUT2D eigenvalue weighted by Gasteiger charge is -2.28. The van der Waals surface area contributed by atoms with Crippen molar-refractivity contribution in [1.29, 1.82) is 0 Å². The molecule has 0 aliphatic rings. The maximum Gasteiger partial charge on any atom is 0.306 e. The Bertz CT molecular complexity index is 1500. The van der Waals surface area contributed by atoms with Crippen molar-refractivity contribution in [2.24, 2.45) is 0 Å². The fraction of sp³-hybridized carbons (Fsp3) is 0.667. The molecule has 1 rings (SSSR count). The predicted octanol–water partition coefficient (Wildman–Crippen LogP) is 10.5. The topological polar surface area (TPSA) is 145 Å². The van der Waals surface area contributed by atoms with E-state index >= 15 is 0 Å². The van der Waals surface area contributed by atoms with Gasteiger partial charge in [0.25, 0.3) is 7.82 Å². The van der Waals surface area contributed by atoms with Gasteiger partial charge in [0, 0.05) is 25.7 Å². The van der Waals surface area contributed by atoms with Crippen LogP contribution in [-0.2, 0) is 45.5 Å². The molecular formula is C48H80NO10P. The van der Waals surface area contributed by atoms with Gasteiger partial charge in [-0.3, -0.25) is 14.2 Å². The van der Waals surface area contributed by atoms with Gasteiger partial charge in [0.2, 0.25) is 0 Å². The summed E-state index contributed by atoms with van der Waals surface area (Å²) in [7, 11) is 1.01. The summed E-state index contributed by atoms with van der Waals surface area (Å²) in [6, 6.07) is 0. The van der Waals surface area contributed by atoms with E-state index in [0.717, 1.165) is 88.6 Å². The summed E-state index contributed by atoms with van der Waals surface area (Å²) in [5.74, 6) is 1.18. The standard InChI is InChI=1S/C48H80NO10P/c1-8-10-12-13-14-15-16-17-18-19-20-23-27-31-43(50)32-30-36-48(52)58-44(40-57-60(53,54)56-38-37-49(5,6)7)39-55-47(51)35-29-25-22-21-24-28-34-46-42(4)41(3)45(59-46)33-26-11-9-2/h10,12,14-15,17-18,20,23,27,31,43-44,50H,8-9,11,13,16,19,21-22,24-26,28-30,32-40H2,1-7H3/b12-10-,15-14-,18-17-,23-20-,31-27+/t43?,44-/m1/s1. The summed E-state index contributed by atoms with van der Waals surface area (Å²) in [6.07, 6.45) is 34.1. The van der Waals surface area contributed by atoms with Crippen LogP contribution in [0.25, 0.3) is 0 Å². The third-order valence-corrected chi connectivity index (χ3v) is 10.8. The monoisotopic (exact) mass is 862 g/mol. The van der Waals surface area contributed by atoms with Gasteiger partial charge in [0.1, 0.15) is 31.3 Å². The first kappa shape index (κ1) is 55.0. The number of esters is 2. The normalized spacial score (nSPS) is 14.6. The number of aryl methyl sites for hydroxylation is 2. The third kappa shape index (κ3) is 30.1. The van der Waals surface area contributed by atoms with E-state index in [4.69, 9.17) is 22.9 Å². The molecule has 1 heterocycles. The predicted molar refractivity (Wildman–Crippen MR) is 240 cm³/mol. The smallest absolute Gasteiger partial charge is 0.306 e. The van der Waals surface area contributed by atoms with Gasteiger partial charge in [-0.25, -0.2) is 0 Å². The van der Waals surface area contributed by atoms with E-state index in [1.165, 1.54) is 24.0 Å². The van der Waals surface area contributed by atoms with Gasteiger partial charge < -0.3 is 37.4 Å². The summed E-state index contributed by atoms with van der Waals surface area (Å²) in [5.41, 5.74) is 2.58. The van der Waals surface area contributed by atoms with Crippen LogP contribution in [0.4, 0.5) is 0 Å². The quantitative estimate of drug-likeness (QED) is 0.0173. The molecule has 0 saturated carbocycles. The molecule has 0 bridgehead atoms. The molecule has 0 aliphatic heterocycles. The maximum absolute atomic E-state index is 12.7. The number of phosphoric ester groups is 1. The second kappa shape index (κ2) is 33.6. The number of aliphatic hydroxyl groups excluding tert-OH is 1. The van der Waals surface area contributed by atoms with Crippen molar-refractivity contribution < 1.29 is 51.6 Å². The van der Waals surface area contributed by atoms with Crippen LogP contribution in [0.2, 0.25) is 0 Å². The first-order chi connectivity index (χ1) is 28.7. The highest BCUT2D eigenvalue weighted by Gasteiger charge is 2.22. The van der Waals surface area contributed by atoms with Gasteiger partial charge in [-0.15, -0.1) is 0 Å². The average molecular weight is 862 g/mol. The molecule has 1 aromatic heterocycles. The number of likely N-dealkylation sites (N-methyl/N-ethyl adjacent to an activating group) is 1. The number of carbonyl (C=O) groups is 2. The van der Waals surface area contributed by atoms with Gasteiger partial charge in [0.05, 0.1) is 33.9 Å². The van der Waals surface area contributed by atoms with Gasteiger partial charge in [0.15, 0.2) is 6.10 Å². The van der Waals surface area contributed by atoms with Crippen molar-refractivity contribution in [3.8, 4) is 0 Å². The number of furan rings is 1.